The molecule has 70 valence electrons. The summed E-state index contributed by atoms with van der Waals surface area (Å²) in [6.45, 7) is 11.0. The Balaban J connectivity index is 2.83. The molecular weight excluding hydrogens is 148 g/mol. The summed E-state index contributed by atoms with van der Waals surface area (Å²) in [5.41, 5.74) is 1.46. The Morgan fingerprint density at radius 1 is 1.58 bits per heavy atom. The van der Waals surface area contributed by atoms with Gasteiger partial charge in [0.15, 0.2) is 0 Å². The van der Waals surface area contributed by atoms with E-state index in [2.05, 4.69) is 27.4 Å². The van der Waals surface area contributed by atoms with Gasteiger partial charge < -0.3 is 5.11 Å². The Hall–Kier alpha value is -0.300. The number of hydrogen-bond donors (Lipinski definition) is 1. The molecule has 1 N–H and O–H groups in total. The summed E-state index contributed by atoms with van der Waals surface area (Å²) < 4.78 is 0. The summed E-state index contributed by atoms with van der Waals surface area (Å²) in [7, 11) is 0. The van der Waals surface area contributed by atoms with E-state index in [0.29, 0.717) is 11.8 Å². The average molecular weight is 168 g/mol. The molecule has 0 aromatic rings. The topological polar surface area (TPSA) is 20.2 Å². The summed E-state index contributed by atoms with van der Waals surface area (Å²) in [6, 6.07) is 0. The first kappa shape index (κ1) is 9.79. The number of rotatable bonds is 1. The normalized spacial score (nSPS) is 35.2. The molecule has 12 heavy (non-hydrogen) atoms. The van der Waals surface area contributed by atoms with Crippen molar-refractivity contribution in [1.29, 1.82) is 0 Å². The third-order valence-corrected chi connectivity index (χ3v) is 3.74. The number of aliphatic hydroxyl groups excluding tert-OH is 1. The number of aliphatic hydroxyl groups is 1. The minimum atomic E-state index is 0.226. The molecule has 1 saturated carbocycles. The molecule has 1 fully saturated rings. The summed E-state index contributed by atoms with van der Waals surface area (Å²) in [5, 5.41) is 9.25. The molecule has 1 heteroatoms. The highest BCUT2D eigenvalue weighted by Gasteiger charge is 2.39. The maximum atomic E-state index is 9.25. The van der Waals surface area contributed by atoms with Crippen molar-refractivity contribution in [3.8, 4) is 0 Å². The van der Waals surface area contributed by atoms with Crippen LogP contribution in [0.5, 0.6) is 0 Å². The lowest BCUT2D eigenvalue weighted by atomic mass is 9.61. The van der Waals surface area contributed by atoms with Crippen LogP contribution in [0.2, 0.25) is 0 Å². The van der Waals surface area contributed by atoms with E-state index < -0.39 is 0 Å². The lowest BCUT2D eigenvalue weighted by molar-refractivity contribution is 0.0655. The zero-order valence-corrected chi connectivity index (χ0v) is 8.43. The quantitative estimate of drug-likeness (QED) is 0.597. The summed E-state index contributed by atoms with van der Waals surface area (Å²) in [6.07, 6.45) is 2.32. The van der Waals surface area contributed by atoms with Gasteiger partial charge in [-0.05, 0) is 24.2 Å². The predicted octanol–water partition coefficient (Wildman–Crippen LogP) is 2.61. The molecule has 1 nitrogen and oxygen atoms in total. The Morgan fingerprint density at radius 3 is 2.58 bits per heavy atom. The second-order valence-corrected chi connectivity index (χ2v) is 4.65. The van der Waals surface area contributed by atoms with Gasteiger partial charge in [0.2, 0.25) is 0 Å². The van der Waals surface area contributed by atoms with Crippen molar-refractivity contribution in [2.24, 2.45) is 17.3 Å². The van der Waals surface area contributed by atoms with Crippen molar-refractivity contribution in [2.75, 3.05) is 6.61 Å². The van der Waals surface area contributed by atoms with Gasteiger partial charge in [0.1, 0.15) is 0 Å². The monoisotopic (exact) mass is 168 g/mol. The van der Waals surface area contributed by atoms with Crippen molar-refractivity contribution >= 4 is 0 Å². The Kier molecular flexibility index (Phi) is 2.62. The molecular formula is C11H20O. The van der Waals surface area contributed by atoms with E-state index in [9.17, 15) is 5.11 Å². The Morgan fingerprint density at radius 2 is 2.17 bits per heavy atom. The van der Waals surface area contributed by atoms with E-state index in [1.165, 1.54) is 12.0 Å². The molecule has 1 aliphatic carbocycles. The fourth-order valence-electron chi connectivity index (χ4n) is 2.18. The minimum Gasteiger partial charge on any atom is -0.396 e. The van der Waals surface area contributed by atoms with Crippen LogP contribution in [0.4, 0.5) is 0 Å². The van der Waals surface area contributed by atoms with Gasteiger partial charge in [-0.3, -0.25) is 0 Å². The fraction of sp³-hybridized carbons (Fsp3) is 0.818. The van der Waals surface area contributed by atoms with Gasteiger partial charge in [-0.1, -0.05) is 32.9 Å². The minimum absolute atomic E-state index is 0.226. The maximum Gasteiger partial charge on any atom is 0.0501 e. The third kappa shape index (κ3) is 1.42. The van der Waals surface area contributed by atoms with Crippen LogP contribution in [0.3, 0.4) is 0 Å². The SMILES string of the molecule is C=C1CC[C@@H](C)C(C)(C)[C@@H]1CO. The average Bonchev–Trinajstić information content (AvgIpc) is 1.98. The van der Waals surface area contributed by atoms with Crippen LogP contribution in [0, 0.1) is 17.3 Å². The highest BCUT2D eigenvalue weighted by molar-refractivity contribution is 5.10. The number of hydrogen-bond acceptors (Lipinski definition) is 1. The van der Waals surface area contributed by atoms with E-state index in [1.807, 2.05) is 0 Å². The summed E-state index contributed by atoms with van der Waals surface area (Å²) >= 11 is 0. The molecule has 2 atom stereocenters. The first-order valence-corrected chi connectivity index (χ1v) is 4.78. The Bertz CT molecular complexity index is 181. The smallest absolute Gasteiger partial charge is 0.0501 e. The second-order valence-electron chi connectivity index (χ2n) is 4.65. The third-order valence-electron chi connectivity index (χ3n) is 3.74. The van der Waals surface area contributed by atoms with Crippen molar-refractivity contribution < 1.29 is 5.11 Å². The van der Waals surface area contributed by atoms with Crippen LogP contribution < -0.4 is 0 Å². The molecule has 0 radical (unpaired) electrons. The van der Waals surface area contributed by atoms with Crippen molar-refractivity contribution in [3.63, 3.8) is 0 Å². The van der Waals surface area contributed by atoms with E-state index in [-0.39, 0.29) is 12.0 Å². The fourth-order valence-corrected chi connectivity index (χ4v) is 2.18. The van der Waals surface area contributed by atoms with Crippen LogP contribution in [0.15, 0.2) is 12.2 Å². The van der Waals surface area contributed by atoms with Crippen LogP contribution in [-0.2, 0) is 0 Å². The molecule has 1 aliphatic rings. The van der Waals surface area contributed by atoms with Crippen molar-refractivity contribution in [2.45, 2.75) is 33.6 Å². The molecule has 0 aromatic heterocycles. The van der Waals surface area contributed by atoms with Gasteiger partial charge in [0.25, 0.3) is 0 Å². The van der Waals surface area contributed by atoms with Crippen LogP contribution in [0.25, 0.3) is 0 Å². The predicted molar refractivity (Wildman–Crippen MR) is 51.9 cm³/mol. The first-order chi connectivity index (χ1) is 5.50. The Labute approximate surface area is 75.5 Å². The van der Waals surface area contributed by atoms with Crippen molar-refractivity contribution in [3.05, 3.63) is 12.2 Å². The molecule has 0 aromatic carbocycles. The van der Waals surface area contributed by atoms with Gasteiger partial charge in [-0.25, -0.2) is 0 Å². The van der Waals surface area contributed by atoms with Gasteiger partial charge in [-0.15, -0.1) is 0 Å². The molecule has 0 saturated heterocycles. The van der Waals surface area contributed by atoms with E-state index in [0.717, 1.165) is 6.42 Å². The molecule has 0 spiro atoms. The van der Waals surface area contributed by atoms with Crippen LogP contribution in [0.1, 0.15) is 33.6 Å². The standard InChI is InChI=1S/C11H20O/c1-8-5-6-9(2)11(3,4)10(8)7-12/h9-10,12H,1,5-7H2,2-4H3/t9-,10-/m1/s1. The first-order valence-electron chi connectivity index (χ1n) is 4.78. The van der Waals surface area contributed by atoms with Gasteiger partial charge in [-0.2, -0.15) is 0 Å². The summed E-state index contributed by atoms with van der Waals surface area (Å²) in [4.78, 5) is 0. The van der Waals surface area contributed by atoms with E-state index in [4.69, 9.17) is 0 Å². The molecule has 0 amide bonds. The lowest BCUT2D eigenvalue weighted by Gasteiger charge is -2.44. The van der Waals surface area contributed by atoms with Gasteiger partial charge in [0.05, 0.1) is 6.61 Å². The molecule has 0 unspecified atom stereocenters. The highest BCUT2D eigenvalue weighted by Crippen LogP contribution is 2.46. The molecule has 0 heterocycles. The second kappa shape index (κ2) is 3.21. The summed E-state index contributed by atoms with van der Waals surface area (Å²) in [5.74, 6) is 1.00. The zero-order chi connectivity index (χ0) is 9.35. The van der Waals surface area contributed by atoms with Crippen molar-refractivity contribution in [1.82, 2.24) is 0 Å². The van der Waals surface area contributed by atoms with Crippen LogP contribution >= 0.6 is 0 Å². The highest BCUT2D eigenvalue weighted by atomic mass is 16.3. The molecule has 0 aliphatic heterocycles. The van der Waals surface area contributed by atoms with E-state index in [1.54, 1.807) is 0 Å². The van der Waals surface area contributed by atoms with Crippen LogP contribution in [-0.4, -0.2) is 11.7 Å². The van der Waals surface area contributed by atoms with Gasteiger partial charge >= 0.3 is 0 Å². The lowest BCUT2D eigenvalue weighted by Crippen LogP contribution is -2.38. The molecule has 1 rings (SSSR count). The zero-order valence-electron chi connectivity index (χ0n) is 8.43. The van der Waals surface area contributed by atoms with Gasteiger partial charge in [0, 0.05) is 5.92 Å². The largest absolute Gasteiger partial charge is 0.396 e. The maximum absolute atomic E-state index is 9.25. The molecule has 0 bridgehead atoms. The van der Waals surface area contributed by atoms with E-state index >= 15 is 0 Å².